The van der Waals surface area contributed by atoms with Crippen molar-refractivity contribution >= 4 is 6.16 Å². The standard InChI is InChI=1S/C18H14NO3/c20-18(21-17-9-5-2-6-10-17)22-19-13-11-16(12-14-19)15-7-3-1-4-8-15/h1-14H/q+1. The van der Waals surface area contributed by atoms with E-state index in [4.69, 9.17) is 9.57 Å². The minimum absolute atomic E-state index is 0.439. The van der Waals surface area contributed by atoms with Crippen LogP contribution in [0, 0.1) is 0 Å². The Balaban J connectivity index is 1.65. The molecule has 0 saturated heterocycles. The van der Waals surface area contributed by atoms with Crippen LogP contribution >= 0.6 is 0 Å². The quantitative estimate of drug-likeness (QED) is 0.422. The molecule has 22 heavy (non-hydrogen) atoms. The molecule has 3 aromatic rings. The number of pyridine rings is 1. The van der Waals surface area contributed by atoms with Gasteiger partial charge in [0.25, 0.3) is 0 Å². The molecule has 0 aliphatic rings. The molecule has 1 heterocycles. The highest BCUT2D eigenvalue weighted by Gasteiger charge is 2.13. The molecule has 4 heteroatoms. The second kappa shape index (κ2) is 6.54. The lowest BCUT2D eigenvalue weighted by molar-refractivity contribution is -0.869. The molecule has 1 aromatic heterocycles. The summed E-state index contributed by atoms with van der Waals surface area (Å²) < 4.78 is 6.35. The number of hydrogen-bond donors (Lipinski definition) is 0. The Bertz CT molecular complexity index is 740. The average Bonchev–Trinajstić information content (AvgIpc) is 2.57. The molecule has 2 aromatic carbocycles. The van der Waals surface area contributed by atoms with Crippen molar-refractivity contribution in [2.75, 3.05) is 0 Å². The van der Waals surface area contributed by atoms with E-state index in [1.165, 1.54) is 4.73 Å². The molecular weight excluding hydrogens is 278 g/mol. The molecule has 108 valence electrons. The Morgan fingerprint density at radius 1 is 0.727 bits per heavy atom. The van der Waals surface area contributed by atoms with Crippen LogP contribution in [0.15, 0.2) is 85.2 Å². The fourth-order valence-electron chi connectivity index (χ4n) is 1.99. The lowest BCUT2D eigenvalue weighted by Crippen LogP contribution is -2.46. The molecule has 0 radical (unpaired) electrons. The van der Waals surface area contributed by atoms with E-state index >= 15 is 0 Å². The normalized spacial score (nSPS) is 10.0. The molecule has 0 atom stereocenters. The number of benzene rings is 2. The molecule has 0 aliphatic carbocycles. The van der Waals surface area contributed by atoms with Crippen molar-refractivity contribution in [2.24, 2.45) is 0 Å². The van der Waals surface area contributed by atoms with Gasteiger partial charge in [-0.1, -0.05) is 48.5 Å². The van der Waals surface area contributed by atoms with Gasteiger partial charge in [-0.25, -0.2) is 0 Å². The number of nitrogens with zero attached hydrogens (tertiary/aromatic N) is 1. The summed E-state index contributed by atoms with van der Waals surface area (Å²) in [5, 5.41) is 0. The van der Waals surface area contributed by atoms with Crippen molar-refractivity contribution in [2.45, 2.75) is 0 Å². The van der Waals surface area contributed by atoms with E-state index in [0.29, 0.717) is 5.75 Å². The van der Waals surface area contributed by atoms with Crippen LogP contribution in [0.5, 0.6) is 5.75 Å². The number of rotatable bonds is 3. The summed E-state index contributed by atoms with van der Waals surface area (Å²) in [6.45, 7) is 0. The molecule has 0 spiro atoms. The monoisotopic (exact) mass is 292 g/mol. The largest absolute Gasteiger partial charge is 0.577 e. The number of ether oxygens (including phenoxy) is 1. The van der Waals surface area contributed by atoms with Crippen molar-refractivity contribution < 1.29 is 19.1 Å². The third kappa shape index (κ3) is 3.49. The molecule has 3 rings (SSSR count). The van der Waals surface area contributed by atoms with E-state index < -0.39 is 6.16 Å². The Kier molecular flexibility index (Phi) is 4.11. The predicted molar refractivity (Wildman–Crippen MR) is 81.1 cm³/mol. The molecule has 4 nitrogen and oxygen atoms in total. The lowest BCUT2D eigenvalue weighted by atomic mass is 10.1. The van der Waals surface area contributed by atoms with Gasteiger partial charge in [-0.3, -0.25) is 0 Å². The minimum atomic E-state index is -0.788. The van der Waals surface area contributed by atoms with Gasteiger partial charge in [0.1, 0.15) is 5.75 Å². The van der Waals surface area contributed by atoms with Crippen molar-refractivity contribution in [1.29, 1.82) is 0 Å². The molecule has 0 saturated carbocycles. The summed E-state index contributed by atoms with van der Waals surface area (Å²) >= 11 is 0. The lowest BCUT2D eigenvalue weighted by Gasteiger charge is -2.01. The van der Waals surface area contributed by atoms with Crippen molar-refractivity contribution in [3.8, 4) is 16.9 Å². The molecule has 0 amide bonds. The highest BCUT2D eigenvalue weighted by atomic mass is 16.8. The van der Waals surface area contributed by atoms with Crippen LogP contribution in [-0.2, 0) is 0 Å². The number of carbonyl (C=O) groups is 1. The van der Waals surface area contributed by atoms with Crippen LogP contribution in [0.2, 0.25) is 0 Å². The summed E-state index contributed by atoms with van der Waals surface area (Å²) in [7, 11) is 0. The van der Waals surface area contributed by atoms with E-state index in [1.54, 1.807) is 36.7 Å². The maximum absolute atomic E-state index is 11.7. The maximum atomic E-state index is 11.7. The molecule has 0 fully saturated rings. The zero-order valence-corrected chi connectivity index (χ0v) is 11.8. The Morgan fingerprint density at radius 3 is 1.91 bits per heavy atom. The first-order valence-corrected chi connectivity index (χ1v) is 6.83. The second-order valence-electron chi connectivity index (χ2n) is 4.57. The topological polar surface area (TPSA) is 39.4 Å². The van der Waals surface area contributed by atoms with Gasteiger partial charge in [0.15, 0.2) is 0 Å². The fourth-order valence-corrected chi connectivity index (χ4v) is 1.99. The zero-order chi connectivity index (χ0) is 15.2. The van der Waals surface area contributed by atoms with Crippen LogP contribution in [0.3, 0.4) is 0 Å². The number of hydrogen-bond acceptors (Lipinski definition) is 3. The number of carbonyl (C=O) groups excluding carboxylic acids is 1. The predicted octanol–water partition coefficient (Wildman–Crippen LogP) is 3.27. The van der Waals surface area contributed by atoms with E-state index in [1.807, 2.05) is 48.5 Å². The molecule has 0 bridgehead atoms. The van der Waals surface area contributed by atoms with Gasteiger partial charge < -0.3 is 4.74 Å². The van der Waals surface area contributed by atoms with Gasteiger partial charge in [0.2, 0.25) is 12.4 Å². The summed E-state index contributed by atoms with van der Waals surface area (Å²) in [5.41, 5.74) is 2.14. The number of aromatic nitrogens is 1. The van der Waals surface area contributed by atoms with Gasteiger partial charge in [0, 0.05) is 16.9 Å². The minimum Gasteiger partial charge on any atom is -0.391 e. The van der Waals surface area contributed by atoms with Gasteiger partial charge in [-0.2, -0.15) is 4.79 Å². The van der Waals surface area contributed by atoms with Gasteiger partial charge in [-0.15, -0.1) is 4.84 Å². The molecular formula is C18H14NO3+. The molecule has 0 unspecified atom stereocenters. The van der Waals surface area contributed by atoms with Crippen LogP contribution in [0.25, 0.3) is 11.1 Å². The summed E-state index contributed by atoms with van der Waals surface area (Å²) in [6.07, 6.45) is 2.53. The third-order valence-corrected chi connectivity index (χ3v) is 3.03. The van der Waals surface area contributed by atoms with E-state index in [-0.39, 0.29) is 0 Å². The van der Waals surface area contributed by atoms with Crippen LogP contribution in [0.4, 0.5) is 4.79 Å². The van der Waals surface area contributed by atoms with E-state index in [0.717, 1.165) is 11.1 Å². The first-order chi connectivity index (χ1) is 10.8. The SMILES string of the molecule is O=C(Oc1ccccc1)O[n+]1ccc(-c2ccccc2)cc1. The maximum Gasteiger partial charge on any atom is 0.577 e. The van der Waals surface area contributed by atoms with Gasteiger partial charge >= 0.3 is 6.16 Å². The molecule has 0 aliphatic heterocycles. The van der Waals surface area contributed by atoms with Gasteiger partial charge in [-0.05, 0) is 23.3 Å². The zero-order valence-electron chi connectivity index (χ0n) is 11.8. The first-order valence-electron chi connectivity index (χ1n) is 6.83. The third-order valence-electron chi connectivity index (χ3n) is 3.03. The fraction of sp³-hybridized carbons (Fsp3) is 0. The number of para-hydroxylation sites is 1. The van der Waals surface area contributed by atoms with Crippen LogP contribution in [0.1, 0.15) is 0 Å². The summed E-state index contributed by atoms with van der Waals surface area (Å²) in [6, 6.07) is 22.5. The van der Waals surface area contributed by atoms with Crippen LogP contribution in [-0.4, -0.2) is 6.16 Å². The average molecular weight is 292 g/mol. The van der Waals surface area contributed by atoms with Gasteiger partial charge in [0.05, 0.1) is 0 Å². The van der Waals surface area contributed by atoms with E-state index in [9.17, 15) is 4.79 Å². The summed E-state index contributed by atoms with van der Waals surface area (Å²) in [5.74, 6) is 0.439. The second-order valence-corrected chi connectivity index (χ2v) is 4.57. The van der Waals surface area contributed by atoms with Crippen molar-refractivity contribution in [3.05, 3.63) is 85.2 Å². The van der Waals surface area contributed by atoms with Crippen molar-refractivity contribution in [1.82, 2.24) is 0 Å². The van der Waals surface area contributed by atoms with Crippen molar-refractivity contribution in [3.63, 3.8) is 0 Å². The Labute approximate surface area is 128 Å². The van der Waals surface area contributed by atoms with Crippen LogP contribution < -0.4 is 14.3 Å². The summed E-state index contributed by atoms with van der Waals surface area (Å²) in [4.78, 5) is 16.7. The Morgan fingerprint density at radius 2 is 1.27 bits per heavy atom. The first kappa shape index (κ1) is 13.8. The smallest absolute Gasteiger partial charge is 0.391 e. The molecule has 0 N–H and O–H groups in total. The van der Waals surface area contributed by atoms with E-state index in [2.05, 4.69) is 0 Å². The Hall–Kier alpha value is -3.14. The highest BCUT2D eigenvalue weighted by Crippen LogP contribution is 2.16. The highest BCUT2D eigenvalue weighted by molar-refractivity contribution is 5.63.